The number of ether oxygens (including phenoxy) is 2. The summed E-state index contributed by atoms with van der Waals surface area (Å²) in [4.78, 5) is 24.2. The van der Waals surface area contributed by atoms with Crippen LogP contribution in [0.5, 0.6) is 5.75 Å². The molecule has 0 heterocycles. The van der Waals surface area contributed by atoms with Gasteiger partial charge < -0.3 is 9.47 Å². The zero-order valence-corrected chi connectivity index (χ0v) is 13.8. The van der Waals surface area contributed by atoms with Gasteiger partial charge in [-0.05, 0) is 54.9 Å². The van der Waals surface area contributed by atoms with Crippen molar-refractivity contribution in [3.05, 3.63) is 42.0 Å². The van der Waals surface area contributed by atoms with E-state index in [0.717, 1.165) is 24.8 Å². The number of rotatable bonds is 3. The number of benzene rings is 1. The van der Waals surface area contributed by atoms with Gasteiger partial charge in [-0.3, -0.25) is 4.79 Å². The van der Waals surface area contributed by atoms with E-state index in [0.29, 0.717) is 17.2 Å². The number of carbonyl (C=O) groups excluding carboxylic acids is 2. The fourth-order valence-electron chi connectivity index (χ4n) is 4.09. The molecule has 2 fully saturated rings. The molecule has 2 bridgehead atoms. The monoisotopic (exact) mass is 314 g/mol. The van der Waals surface area contributed by atoms with Crippen LogP contribution in [-0.2, 0) is 9.53 Å². The maximum absolute atomic E-state index is 12.8. The van der Waals surface area contributed by atoms with Gasteiger partial charge in [-0.1, -0.05) is 26.0 Å². The van der Waals surface area contributed by atoms with Gasteiger partial charge >= 0.3 is 11.9 Å². The Bertz CT molecular complexity index is 671. The van der Waals surface area contributed by atoms with Crippen LogP contribution in [0.1, 0.15) is 43.5 Å². The quantitative estimate of drug-likeness (QED) is 0.484. The van der Waals surface area contributed by atoms with Crippen LogP contribution in [0, 0.1) is 16.7 Å². The third kappa shape index (κ3) is 2.28. The summed E-state index contributed by atoms with van der Waals surface area (Å²) < 4.78 is 10.3. The highest BCUT2D eigenvalue weighted by Crippen LogP contribution is 2.65. The van der Waals surface area contributed by atoms with Crippen LogP contribution in [0.2, 0.25) is 0 Å². The third-order valence-electron chi connectivity index (χ3n) is 5.77. The average Bonchev–Trinajstić information content (AvgIpc) is 3.07. The maximum Gasteiger partial charge on any atom is 0.337 e. The van der Waals surface area contributed by atoms with Crippen molar-refractivity contribution in [2.24, 2.45) is 16.7 Å². The molecule has 3 rings (SSSR count). The minimum Gasteiger partial charge on any atom is -0.465 e. The molecule has 0 radical (unpaired) electrons. The summed E-state index contributed by atoms with van der Waals surface area (Å²) in [5.74, 6) is 0.314. The van der Waals surface area contributed by atoms with Gasteiger partial charge in [-0.2, -0.15) is 0 Å². The summed E-state index contributed by atoms with van der Waals surface area (Å²) in [5, 5.41) is 0. The SMILES string of the molecule is C=C1C2(C(=O)Oc3ccc(C(=O)OC)cc3)CCC(C2)C1(C)C. The fraction of sp³-hybridized carbons (Fsp3) is 0.474. The largest absolute Gasteiger partial charge is 0.465 e. The Kier molecular flexibility index (Phi) is 3.58. The molecule has 0 N–H and O–H groups in total. The normalized spacial score (nSPS) is 27.8. The van der Waals surface area contributed by atoms with Gasteiger partial charge in [0, 0.05) is 0 Å². The number of fused-ring (bicyclic) bond motifs is 2. The molecule has 2 aliphatic rings. The van der Waals surface area contributed by atoms with Crippen LogP contribution in [0.4, 0.5) is 0 Å². The molecule has 4 heteroatoms. The molecule has 0 aromatic heterocycles. The molecular weight excluding hydrogens is 292 g/mol. The minimum atomic E-state index is -0.546. The Morgan fingerprint density at radius 3 is 2.39 bits per heavy atom. The lowest BCUT2D eigenvalue weighted by Gasteiger charge is -2.36. The molecule has 1 aromatic carbocycles. The fourth-order valence-corrected chi connectivity index (χ4v) is 4.09. The van der Waals surface area contributed by atoms with Crippen LogP contribution in [0.3, 0.4) is 0 Å². The Morgan fingerprint density at radius 2 is 1.87 bits per heavy atom. The van der Waals surface area contributed by atoms with Crippen LogP contribution in [0.15, 0.2) is 36.4 Å². The molecule has 23 heavy (non-hydrogen) atoms. The number of carbonyl (C=O) groups is 2. The van der Waals surface area contributed by atoms with E-state index in [1.807, 2.05) is 0 Å². The molecule has 2 saturated carbocycles. The first-order valence-electron chi connectivity index (χ1n) is 7.92. The van der Waals surface area contributed by atoms with E-state index in [4.69, 9.17) is 4.74 Å². The molecule has 0 amide bonds. The van der Waals surface area contributed by atoms with Crippen molar-refractivity contribution in [3.63, 3.8) is 0 Å². The summed E-state index contributed by atoms with van der Waals surface area (Å²) >= 11 is 0. The molecule has 1 aromatic rings. The lowest BCUT2D eigenvalue weighted by atomic mass is 9.68. The molecule has 2 atom stereocenters. The number of methoxy groups -OCH3 is 1. The predicted molar refractivity (Wildman–Crippen MR) is 86.1 cm³/mol. The lowest BCUT2D eigenvalue weighted by Crippen LogP contribution is -2.36. The Morgan fingerprint density at radius 1 is 1.22 bits per heavy atom. The molecule has 0 saturated heterocycles. The van der Waals surface area contributed by atoms with Crippen LogP contribution in [0.25, 0.3) is 0 Å². The first-order valence-corrected chi connectivity index (χ1v) is 7.92. The van der Waals surface area contributed by atoms with Crippen LogP contribution >= 0.6 is 0 Å². The smallest absolute Gasteiger partial charge is 0.337 e. The average molecular weight is 314 g/mol. The van der Waals surface area contributed by atoms with Crippen molar-refractivity contribution in [2.75, 3.05) is 7.11 Å². The predicted octanol–water partition coefficient (Wildman–Crippen LogP) is 3.76. The number of hydrogen-bond donors (Lipinski definition) is 0. The second kappa shape index (κ2) is 5.22. The van der Waals surface area contributed by atoms with Crippen LogP contribution < -0.4 is 4.74 Å². The second-order valence-corrected chi connectivity index (χ2v) is 7.13. The van der Waals surface area contributed by atoms with Gasteiger partial charge in [0.05, 0.1) is 18.1 Å². The van der Waals surface area contributed by atoms with Gasteiger partial charge in [0.2, 0.25) is 0 Å². The highest BCUT2D eigenvalue weighted by molar-refractivity contribution is 5.89. The Hall–Kier alpha value is -2.10. The first kappa shape index (κ1) is 15.8. The number of hydrogen-bond acceptors (Lipinski definition) is 4. The van der Waals surface area contributed by atoms with Gasteiger partial charge in [0.15, 0.2) is 0 Å². The zero-order chi connectivity index (χ0) is 16.8. The maximum atomic E-state index is 12.8. The summed E-state index contributed by atoms with van der Waals surface area (Å²) in [6, 6.07) is 6.43. The summed E-state index contributed by atoms with van der Waals surface area (Å²) in [6.07, 6.45) is 2.69. The van der Waals surface area contributed by atoms with Crippen molar-refractivity contribution in [2.45, 2.75) is 33.1 Å². The second-order valence-electron chi connectivity index (χ2n) is 7.13. The first-order chi connectivity index (χ1) is 10.8. The minimum absolute atomic E-state index is 0.00793. The summed E-state index contributed by atoms with van der Waals surface area (Å²) in [6.45, 7) is 8.54. The molecule has 0 aliphatic heterocycles. The van der Waals surface area contributed by atoms with E-state index in [9.17, 15) is 9.59 Å². The summed E-state index contributed by atoms with van der Waals surface area (Å²) in [7, 11) is 1.33. The van der Waals surface area contributed by atoms with Crippen molar-refractivity contribution in [1.29, 1.82) is 0 Å². The molecule has 4 nitrogen and oxygen atoms in total. The highest BCUT2D eigenvalue weighted by atomic mass is 16.5. The standard InChI is InChI=1S/C19H22O4/c1-12-18(2,3)14-9-10-19(12,11-14)17(21)23-15-7-5-13(6-8-15)16(20)22-4/h5-8,14H,1,9-11H2,2-4H3. The van der Waals surface area contributed by atoms with Gasteiger partial charge in [0.1, 0.15) is 5.75 Å². The number of esters is 2. The lowest BCUT2D eigenvalue weighted by molar-refractivity contribution is -0.143. The molecule has 2 unspecified atom stereocenters. The van der Waals surface area contributed by atoms with E-state index < -0.39 is 11.4 Å². The molecule has 2 aliphatic carbocycles. The van der Waals surface area contributed by atoms with Crippen LogP contribution in [-0.4, -0.2) is 19.0 Å². The van der Waals surface area contributed by atoms with Crippen molar-refractivity contribution < 1.29 is 19.1 Å². The summed E-state index contributed by atoms with van der Waals surface area (Å²) in [5.41, 5.74) is 0.872. The molecule has 0 spiro atoms. The van der Waals surface area contributed by atoms with E-state index in [2.05, 4.69) is 25.2 Å². The zero-order valence-electron chi connectivity index (χ0n) is 13.8. The van der Waals surface area contributed by atoms with E-state index in [1.165, 1.54) is 7.11 Å². The van der Waals surface area contributed by atoms with Gasteiger partial charge in [0.25, 0.3) is 0 Å². The highest BCUT2D eigenvalue weighted by Gasteiger charge is 2.61. The van der Waals surface area contributed by atoms with Crippen molar-refractivity contribution in [1.82, 2.24) is 0 Å². The molecular formula is C19H22O4. The Balaban J connectivity index is 1.78. The Labute approximate surface area is 136 Å². The van der Waals surface area contributed by atoms with E-state index >= 15 is 0 Å². The van der Waals surface area contributed by atoms with Crippen molar-refractivity contribution >= 4 is 11.9 Å². The third-order valence-corrected chi connectivity index (χ3v) is 5.77. The van der Waals surface area contributed by atoms with Crippen molar-refractivity contribution in [3.8, 4) is 5.75 Å². The van der Waals surface area contributed by atoms with Gasteiger partial charge in [-0.25, -0.2) is 4.79 Å². The van der Waals surface area contributed by atoms with Gasteiger partial charge in [-0.15, -0.1) is 0 Å². The molecule has 122 valence electrons. The topological polar surface area (TPSA) is 52.6 Å². The van der Waals surface area contributed by atoms with E-state index in [-0.39, 0.29) is 11.4 Å². The van der Waals surface area contributed by atoms with E-state index in [1.54, 1.807) is 24.3 Å².